The minimum Gasteiger partial charge on any atom is -0.466 e. The summed E-state index contributed by atoms with van der Waals surface area (Å²) in [6.07, 6.45) is 2.46. The summed E-state index contributed by atoms with van der Waals surface area (Å²) in [6, 6.07) is 14.7. The van der Waals surface area contributed by atoms with Gasteiger partial charge in [-0.3, -0.25) is 0 Å². The highest BCUT2D eigenvalue weighted by Gasteiger charge is 2.17. The molecule has 1 nitrogen and oxygen atoms in total. The first-order valence-corrected chi connectivity index (χ1v) is 5.37. The van der Waals surface area contributed by atoms with Crippen molar-refractivity contribution in [3.05, 3.63) is 66.4 Å². The Kier molecular flexibility index (Phi) is 2.03. The van der Waals surface area contributed by atoms with Gasteiger partial charge in [0.2, 0.25) is 0 Å². The summed E-state index contributed by atoms with van der Waals surface area (Å²) in [5.74, 6) is 0.863. The van der Waals surface area contributed by atoms with Crippen molar-refractivity contribution in [2.45, 2.75) is 6.42 Å². The predicted octanol–water partition coefficient (Wildman–Crippen LogP) is 3.78. The molecule has 78 valence electrons. The highest BCUT2D eigenvalue weighted by atomic mass is 16.5. The molecule has 2 aromatic rings. The Morgan fingerprint density at radius 1 is 1.00 bits per heavy atom. The topological polar surface area (TPSA) is 9.23 Å². The van der Waals surface area contributed by atoms with E-state index in [4.69, 9.17) is 4.74 Å². The van der Waals surface area contributed by atoms with Gasteiger partial charge in [0.25, 0.3) is 0 Å². The van der Waals surface area contributed by atoms with Gasteiger partial charge in [0.15, 0.2) is 0 Å². The molecule has 0 spiro atoms. The molecule has 1 aliphatic rings. The predicted molar refractivity (Wildman–Crippen MR) is 65.5 cm³/mol. The van der Waals surface area contributed by atoms with Crippen LogP contribution in [-0.2, 0) is 6.42 Å². The molecule has 2 aromatic carbocycles. The fourth-order valence-corrected chi connectivity index (χ4v) is 2.29. The number of ether oxygens (including phenoxy) is 1. The Hall–Kier alpha value is -2.02. The molecule has 0 amide bonds. The summed E-state index contributed by atoms with van der Waals surface area (Å²) in [6.45, 7) is 3.57. The van der Waals surface area contributed by atoms with Gasteiger partial charge in [0.1, 0.15) is 5.75 Å². The van der Waals surface area contributed by atoms with Gasteiger partial charge in [0, 0.05) is 0 Å². The minimum atomic E-state index is 0.863. The van der Waals surface area contributed by atoms with Gasteiger partial charge in [-0.15, -0.1) is 0 Å². The van der Waals surface area contributed by atoms with E-state index in [-0.39, 0.29) is 0 Å². The monoisotopic (exact) mass is 208 g/mol. The number of rotatable bonds is 2. The van der Waals surface area contributed by atoms with Crippen LogP contribution in [0.5, 0.6) is 5.75 Å². The average Bonchev–Trinajstić information content (AvgIpc) is 2.67. The van der Waals surface area contributed by atoms with E-state index in [1.165, 1.54) is 28.5 Å². The van der Waals surface area contributed by atoms with Crippen LogP contribution in [0, 0.1) is 0 Å². The van der Waals surface area contributed by atoms with Crippen molar-refractivity contribution in [3.63, 3.8) is 0 Å². The lowest BCUT2D eigenvalue weighted by atomic mass is 10.1. The number of hydrogen-bond acceptors (Lipinski definition) is 1. The molecule has 0 aliphatic heterocycles. The van der Waals surface area contributed by atoms with E-state index in [2.05, 4.69) is 43.0 Å². The molecule has 0 radical (unpaired) electrons. The summed E-state index contributed by atoms with van der Waals surface area (Å²) in [5, 5.41) is 0. The maximum Gasteiger partial charge on any atom is 0.126 e. The van der Waals surface area contributed by atoms with Crippen LogP contribution in [0.3, 0.4) is 0 Å². The molecule has 0 N–H and O–H groups in total. The van der Waals surface area contributed by atoms with Crippen molar-refractivity contribution in [3.8, 4) is 16.9 Å². The molecule has 3 rings (SSSR count). The highest BCUT2D eigenvalue weighted by Crippen LogP contribution is 2.37. The molecule has 0 fully saturated rings. The third-order valence-corrected chi connectivity index (χ3v) is 2.98. The van der Waals surface area contributed by atoms with Gasteiger partial charge in [-0.25, -0.2) is 0 Å². The first-order chi connectivity index (χ1) is 7.88. The summed E-state index contributed by atoms with van der Waals surface area (Å²) >= 11 is 0. The number of benzene rings is 2. The third kappa shape index (κ3) is 1.33. The Morgan fingerprint density at radius 2 is 1.81 bits per heavy atom. The van der Waals surface area contributed by atoms with Crippen LogP contribution < -0.4 is 4.74 Å². The van der Waals surface area contributed by atoms with E-state index in [9.17, 15) is 0 Å². The first kappa shape index (κ1) is 9.22. The molecule has 0 bridgehead atoms. The summed E-state index contributed by atoms with van der Waals surface area (Å²) in [4.78, 5) is 0. The highest BCUT2D eigenvalue weighted by molar-refractivity contribution is 5.77. The molecule has 16 heavy (non-hydrogen) atoms. The Bertz CT molecular complexity index is 555. The lowest BCUT2D eigenvalue weighted by Crippen LogP contribution is -1.84. The van der Waals surface area contributed by atoms with Gasteiger partial charge in [0.05, 0.1) is 6.26 Å². The standard InChI is InChI=1S/C15H12O/c1-2-16-13-7-8-15-12(10-13)9-11-5-3-4-6-14(11)15/h2-8,10H,1,9H2. The Balaban J connectivity index is 2.10. The second-order valence-electron chi connectivity index (χ2n) is 3.94. The van der Waals surface area contributed by atoms with Crippen LogP contribution in [0.25, 0.3) is 11.1 Å². The van der Waals surface area contributed by atoms with Gasteiger partial charge >= 0.3 is 0 Å². The molecule has 0 atom stereocenters. The van der Waals surface area contributed by atoms with Gasteiger partial charge in [-0.1, -0.05) is 36.9 Å². The van der Waals surface area contributed by atoms with Crippen LogP contribution in [0.15, 0.2) is 55.3 Å². The van der Waals surface area contributed by atoms with E-state index < -0.39 is 0 Å². The zero-order chi connectivity index (χ0) is 11.0. The molecule has 1 aliphatic carbocycles. The third-order valence-electron chi connectivity index (χ3n) is 2.98. The summed E-state index contributed by atoms with van der Waals surface area (Å²) < 4.78 is 5.29. The van der Waals surface area contributed by atoms with Crippen molar-refractivity contribution >= 4 is 0 Å². The largest absolute Gasteiger partial charge is 0.466 e. The van der Waals surface area contributed by atoms with Crippen molar-refractivity contribution < 1.29 is 4.74 Å². The van der Waals surface area contributed by atoms with E-state index in [0.29, 0.717) is 0 Å². The smallest absolute Gasteiger partial charge is 0.126 e. The first-order valence-electron chi connectivity index (χ1n) is 5.37. The van der Waals surface area contributed by atoms with Crippen molar-refractivity contribution in [2.24, 2.45) is 0 Å². The zero-order valence-corrected chi connectivity index (χ0v) is 8.94. The maximum atomic E-state index is 5.29. The lowest BCUT2D eigenvalue weighted by Gasteiger charge is -2.03. The van der Waals surface area contributed by atoms with E-state index >= 15 is 0 Å². The van der Waals surface area contributed by atoms with E-state index in [1.54, 1.807) is 0 Å². The molecule has 0 unspecified atom stereocenters. The zero-order valence-electron chi connectivity index (χ0n) is 8.94. The second kappa shape index (κ2) is 3.53. The molecule has 0 saturated carbocycles. The molecular formula is C15H12O. The Morgan fingerprint density at radius 3 is 2.69 bits per heavy atom. The SMILES string of the molecule is C=COc1ccc2c(c1)Cc1ccccc1-2. The second-order valence-corrected chi connectivity index (χ2v) is 3.94. The van der Waals surface area contributed by atoms with Crippen LogP contribution in [-0.4, -0.2) is 0 Å². The molecule has 0 heterocycles. The van der Waals surface area contributed by atoms with Crippen LogP contribution >= 0.6 is 0 Å². The van der Waals surface area contributed by atoms with Crippen molar-refractivity contribution in [2.75, 3.05) is 0 Å². The fraction of sp³-hybridized carbons (Fsp3) is 0.0667. The van der Waals surface area contributed by atoms with Crippen LogP contribution in [0.4, 0.5) is 0 Å². The van der Waals surface area contributed by atoms with Gasteiger partial charge in [-0.2, -0.15) is 0 Å². The maximum absolute atomic E-state index is 5.29. The van der Waals surface area contributed by atoms with Gasteiger partial charge in [-0.05, 0) is 40.8 Å². The molecule has 0 aromatic heterocycles. The lowest BCUT2D eigenvalue weighted by molar-refractivity contribution is 0.483. The minimum absolute atomic E-state index is 0.863. The van der Waals surface area contributed by atoms with Gasteiger partial charge < -0.3 is 4.74 Å². The van der Waals surface area contributed by atoms with Crippen molar-refractivity contribution in [1.82, 2.24) is 0 Å². The van der Waals surface area contributed by atoms with E-state index in [1.807, 2.05) is 6.07 Å². The number of fused-ring (bicyclic) bond motifs is 3. The normalized spacial score (nSPS) is 11.8. The number of hydrogen-bond donors (Lipinski definition) is 0. The molecule has 0 saturated heterocycles. The van der Waals surface area contributed by atoms with Crippen LogP contribution in [0.2, 0.25) is 0 Å². The quantitative estimate of drug-likeness (QED) is 0.582. The molecular weight excluding hydrogens is 196 g/mol. The van der Waals surface area contributed by atoms with E-state index in [0.717, 1.165) is 12.2 Å². The molecule has 1 heteroatoms. The summed E-state index contributed by atoms with van der Waals surface area (Å²) in [7, 11) is 0. The average molecular weight is 208 g/mol. The summed E-state index contributed by atoms with van der Waals surface area (Å²) in [5.41, 5.74) is 5.41. The van der Waals surface area contributed by atoms with Crippen LogP contribution in [0.1, 0.15) is 11.1 Å². The Labute approximate surface area is 95.0 Å². The van der Waals surface area contributed by atoms with Crippen molar-refractivity contribution in [1.29, 1.82) is 0 Å². The fourth-order valence-electron chi connectivity index (χ4n) is 2.29.